The topological polar surface area (TPSA) is 21.5 Å². The summed E-state index contributed by atoms with van der Waals surface area (Å²) >= 11 is 0. The van der Waals surface area contributed by atoms with Crippen molar-refractivity contribution in [3.63, 3.8) is 0 Å². The van der Waals surface area contributed by atoms with Crippen LogP contribution in [0, 0.1) is 12.7 Å². The molecule has 0 unspecified atom stereocenters. The van der Waals surface area contributed by atoms with Gasteiger partial charge < -0.3 is 4.40 Å². The summed E-state index contributed by atoms with van der Waals surface area (Å²) in [6, 6.07) is 12.0. The molecular formula is C16H12FNO. The molecule has 0 bridgehead atoms. The second-order valence-corrected chi connectivity index (χ2v) is 4.51. The fourth-order valence-corrected chi connectivity index (χ4v) is 2.34. The molecule has 0 aliphatic heterocycles. The van der Waals surface area contributed by atoms with E-state index in [9.17, 15) is 9.18 Å². The second kappa shape index (κ2) is 4.35. The number of carbonyl (C=O) groups excluding carboxylic acids is 1. The Balaban J connectivity index is 2.32. The quantitative estimate of drug-likeness (QED) is 0.635. The van der Waals surface area contributed by atoms with E-state index in [4.69, 9.17) is 0 Å². The van der Waals surface area contributed by atoms with Crippen molar-refractivity contribution in [2.75, 3.05) is 0 Å². The monoisotopic (exact) mass is 253 g/mol. The van der Waals surface area contributed by atoms with Crippen molar-refractivity contribution in [3.8, 4) is 11.1 Å². The molecule has 0 radical (unpaired) electrons. The molecule has 0 N–H and O–H groups in total. The van der Waals surface area contributed by atoms with Gasteiger partial charge in [-0.3, -0.25) is 4.79 Å². The second-order valence-electron chi connectivity index (χ2n) is 4.51. The number of carbonyl (C=O) groups is 1. The molecule has 1 aromatic carbocycles. The Morgan fingerprint density at radius 1 is 1.16 bits per heavy atom. The fourth-order valence-electron chi connectivity index (χ4n) is 2.34. The largest absolute Gasteiger partial charge is 0.313 e. The fraction of sp³-hybridized carbons (Fsp3) is 0.0625. The molecule has 0 aliphatic carbocycles. The van der Waals surface area contributed by atoms with Gasteiger partial charge in [-0.25, -0.2) is 4.39 Å². The Hall–Kier alpha value is -2.42. The van der Waals surface area contributed by atoms with E-state index >= 15 is 0 Å². The third-order valence-corrected chi connectivity index (χ3v) is 3.33. The Morgan fingerprint density at radius 3 is 2.58 bits per heavy atom. The number of hydrogen-bond donors (Lipinski definition) is 0. The Kier molecular flexibility index (Phi) is 2.67. The molecule has 3 aromatic rings. The van der Waals surface area contributed by atoms with Crippen LogP contribution in [-0.2, 0) is 0 Å². The zero-order valence-corrected chi connectivity index (χ0v) is 10.4. The van der Waals surface area contributed by atoms with Crippen LogP contribution in [0.2, 0.25) is 0 Å². The van der Waals surface area contributed by atoms with Gasteiger partial charge in [-0.2, -0.15) is 0 Å². The zero-order chi connectivity index (χ0) is 13.4. The smallest absolute Gasteiger partial charge is 0.167 e. The van der Waals surface area contributed by atoms with Crippen LogP contribution < -0.4 is 0 Å². The van der Waals surface area contributed by atoms with Gasteiger partial charge in [0.1, 0.15) is 5.82 Å². The lowest BCUT2D eigenvalue weighted by Gasteiger charge is -2.01. The molecule has 3 heteroatoms. The lowest BCUT2D eigenvalue weighted by molar-refractivity contribution is 0.111. The average Bonchev–Trinajstić information content (AvgIpc) is 2.79. The van der Waals surface area contributed by atoms with Crippen molar-refractivity contribution >= 4 is 11.8 Å². The lowest BCUT2D eigenvalue weighted by atomic mass is 10.1. The number of nitrogens with zero attached hydrogens (tertiary/aromatic N) is 1. The number of fused-ring (bicyclic) bond motifs is 1. The number of aromatic nitrogens is 1. The third-order valence-electron chi connectivity index (χ3n) is 3.33. The predicted molar refractivity (Wildman–Crippen MR) is 72.9 cm³/mol. The predicted octanol–water partition coefficient (Wildman–Crippen LogP) is 3.87. The van der Waals surface area contributed by atoms with E-state index in [1.165, 1.54) is 12.1 Å². The van der Waals surface area contributed by atoms with Crippen molar-refractivity contribution in [1.29, 1.82) is 0 Å². The van der Waals surface area contributed by atoms with E-state index in [1.807, 2.05) is 35.7 Å². The first-order valence-corrected chi connectivity index (χ1v) is 6.02. The molecule has 2 heterocycles. The van der Waals surface area contributed by atoms with Crippen LogP contribution in [-0.4, -0.2) is 10.7 Å². The SMILES string of the molecule is Cc1cccn2c(C=O)c(-c3ccc(F)cc3)cc12. The van der Waals surface area contributed by atoms with E-state index < -0.39 is 0 Å². The van der Waals surface area contributed by atoms with Crippen molar-refractivity contribution in [2.24, 2.45) is 0 Å². The lowest BCUT2D eigenvalue weighted by Crippen LogP contribution is -1.92. The van der Waals surface area contributed by atoms with E-state index in [-0.39, 0.29) is 5.82 Å². The minimum absolute atomic E-state index is 0.281. The minimum Gasteiger partial charge on any atom is -0.313 e. The van der Waals surface area contributed by atoms with Gasteiger partial charge in [-0.05, 0) is 42.3 Å². The highest BCUT2D eigenvalue weighted by atomic mass is 19.1. The van der Waals surface area contributed by atoms with Crippen molar-refractivity contribution < 1.29 is 9.18 Å². The Bertz CT molecular complexity index is 756. The molecule has 0 fully saturated rings. The van der Waals surface area contributed by atoms with Crippen LogP contribution in [0.25, 0.3) is 16.6 Å². The minimum atomic E-state index is -0.281. The summed E-state index contributed by atoms with van der Waals surface area (Å²) in [6.45, 7) is 2.00. The summed E-state index contributed by atoms with van der Waals surface area (Å²) < 4.78 is 14.8. The van der Waals surface area contributed by atoms with Gasteiger partial charge in [0, 0.05) is 17.3 Å². The standard InChI is InChI=1S/C16H12FNO/c1-11-3-2-8-18-15(11)9-14(16(18)10-19)12-4-6-13(17)7-5-12/h2-10H,1H3. The molecule has 2 aromatic heterocycles. The number of rotatable bonds is 2. The summed E-state index contributed by atoms with van der Waals surface area (Å²) in [5, 5.41) is 0. The zero-order valence-electron chi connectivity index (χ0n) is 10.4. The highest BCUT2D eigenvalue weighted by Gasteiger charge is 2.12. The molecule has 0 saturated carbocycles. The maximum absolute atomic E-state index is 13.0. The summed E-state index contributed by atoms with van der Waals surface area (Å²) in [6.07, 6.45) is 2.70. The molecule has 0 amide bonds. The van der Waals surface area contributed by atoms with Crippen molar-refractivity contribution in [1.82, 2.24) is 4.40 Å². The molecule has 0 aliphatic rings. The highest BCUT2D eigenvalue weighted by molar-refractivity contribution is 5.90. The van der Waals surface area contributed by atoms with Gasteiger partial charge in [0.2, 0.25) is 0 Å². The number of aldehydes is 1. The maximum atomic E-state index is 13.0. The average molecular weight is 253 g/mol. The molecule has 2 nitrogen and oxygen atoms in total. The number of pyridine rings is 1. The molecule has 0 saturated heterocycles. The number of hydrogen-bond acceptors (Lipinski definition) is 1. The van der Waals surface area contributed by atoms with Gasteiger partial charge in [-0.1, -0.05) is 18.2 Å². The highest BCUT2D eigenvalue weighted by Crippen LogP contribution is 2.28. The Labute approximate surface area is 110 Å². The van der Waals surface area contributed by atoms with Crippen LogP contribution in [0.15, 0.2) is 48.7 Å². The number of benzene rings is 1. The first-order valence-electron chi connectivity index (χ1n) is 6.02. The van der Waals surface area contributed by atoms with Gasteiger partial charge in [0.25, 0.3) is 0 Å². The first kappa shape index (κ1) is 11.7. The van der Waals surface area contributed by atoms with Crippen LogP contribution >= 0.6 is 0 Å². The summed E-state index contributed by atoms with van der Waals surface area (Å²) in [5.41, 5.74) is 4.34. The van der Waals surface area contributed by atoms with Crippen LogP contribution in [0.1, 0.15) is 16.1 Å². The van der Waals surface area contributed by atoms with E-state index in [2.05, 4.69) is 0 Å². The van der Waals surface area contributed by atoms with Crippen LogP contribution in [0.4, 0.5) is 4.39 Å². The van der Waals surface area contributed by atoms with Crippen LogP contribution in [0.5, 0.6) is 0 Å². The van der Waals surface area contributed by atoms with E-state index in [0.29, 0.717) is 5.69 Å². The first-order chi connectivity index (χ1) is 9.20. The van der Waals surface area contributed by atoms with Crippen molar-refractivity contribution in [3.05, 3.63) is 65.7 Å². The normalized spacial score (nSPS) is 10.8. The van der Waals surface area contributed by atoms with Crippen molar-refractivity contribution in [2.45, 2.75) is 6.92 Å². The molecule has 19 heavy (non-hydrogen) atoms. The summed E-state index contributed by atoms with van der Waals surface area (Å²) in [5.74, 6) is -0.281. The van der Waals surface area contributed by atoms with E-state index in [0.717, 1.165) is 28.5 Å². The summed E-state index contributed by atoms with van der Waals surface area (Å²) in [7, 11) is 0. The molecular weight excluding hydrogens is 241 g/mol. The molecule has 0 atom stereocenters. The molecule has 94 valence electrons. The van der Waals surface area contributed by atoms with E-state index in [1.54, 1.807) is 12.1 Å². The summed E-state index contributed by atoms with van der Waals surface area (Å²) in [4.78, 5) is 11.4. The Morgan fingerprint density at radius 2 is 1.89 bits per heavy atom. The van der Waals surface area contributed by atoms with Crippen LogP contribution in [0.3, 0.4) is 0 Å². The van der Waals surface area contributed by atoms with Gasteiger partial charge in [-0.15, -0.1) is 0 Å². The third kappa shape index (κ3) is 1.83. The van der Waals surface area contributed by atoms with Gasteiger partial charge >= 0.3 is 0 Å². The van der Waals surface area contributed by atoms with Gasteiger partial charge in [0.05, 0.1) is 5.69 Å². The number of halogens is 1. The molecule has 3 rings (SSSR count). The number of aryl methyl sites for hydroxylation is 1. The van der Waals surface area contributed by atoms with Gasteiger partial charge in [0.15, 0.2) is 6.29 Å². The maximum Gasteiger partial charge on any atom is 0.167 e. The molecule has 0 spiro atoms.